The number of aromatic nitrogens is 2. The van der Waals surface area contributed by atoms with Gasteiger partial charge in [0.05, 0.1) is 0 Å². The first-order chi connectivity index (χ1) is 10.6. The van der Waals surface area contributed by atoms with Gasteiger partial charge in [-0.25, -0.2) is 9.97 Å². The minimum Gasteiger partial charge on any atom is -0.369 e. The number of benzene rings is 1. The Bertz CT molecular complexity index is 615. The van der Waals surface area contributed by atoms with Crippen LogP contribution >= 0.6 is 0 Å². The number of para-hydroxylation sites is 1. The van der Waals surface area contributed by atoms with E-state index >= 15 is 0 Å². The second-order valence-corrected chi connectivity index (χ2v) is 5.22. The Labute approximate surface area is 130 Å². The molecule has 6 nitrogen and oxygen atoms in total. The molecule has 0 atom stereocenters. The van der Waals surface area contributed by atoms with E-state index in [1.807, 2.05) is 44.4 Å². The highest BCUT2D eigenvalue weighted by atomic mass is 16.2. The van der Waals surface area contributed by atoms with E-state index < -0.39 is 0 Å². The monoisotopic (exact) mass is 299 g/mol. The van der Waals surface area contributed by atoms with E-state index in [2.05, 4.69) is 20.2 Å². The lowest BCUT2D eigenvalue weighted by Gasteiger charge is -2.17. The van der Waals surface area contributed by atoms with Crippen LogP contribution in [0.3, 0.4) is 0 Å². The molecule has 0 bridgehead atoms. The number of anilines is 2. The minimum absolute atomic E-state index is 0.163. The first-order valence-corrected chi connectivity index (χ1v) is 7.11. The Balaban J connectivity index is 2.07. The average Bonchev–Trinajstić information content (AvgIpc) is 2.54. The van der Waals surface area contributed by atoms with Crippen molar-refractivity contribution in [2.24, 2.45) is 0 Å². The predicted molar refractivity (Wildman–Crippen MR) is 88.3 cm³/mol. The molecule has 1 N–H and O–H groups in total. The Morgan fingerprint density at radius 2 is 1.86 bits per heavy atom. The van der Waals surface area contributed by atoms with Crippen LogP contribution in [0.4, 0.5) is 11.5 Å². The number of carbonyl (C=O) groups is 1. The summed E-state index contributed by atoms with van der Waals surface area (Å²) < 4.78 is 0. The fourth-order valence-corrected chi connectivity index (χ4v) is 1.92. The fraction of sp³-hybridized carbons (Fsp3) is 0.312. The van der Waals surface area contributed by atoms with E-state index in [1.165, 1.54) is 6.33 Å². The molecule has 1 heterocycles. The van der Waals surface area contributed by atoms with Crippen molar-refractivity contribution in [2.75, 3.05) is 44.4 Å². The smallest absolute Gasteiger partial charge is 0.276 e. The van der Waals surface area contributed by atoms with Gasteiger partial charge in [-0.05, 0) is 26.2 Å². The van der Waals surface area contributed by atoms with Gasteiger partial charge in [0.25, 0.3) is 5.91 Å². The van der Waals surface area contributed by atoms with Crippen LogP contribution in [0.25, 0.3) is 0 Å². The van der Waals surface area contributed by atoms with Crippen LogP contribution in [0.2, 0.25) is 0 Å². The van der Waals surface area contributed by atoms with Crippen molar-refractivity contribution < 1.29 is 4.79 Å². The van der Waals surface area contributed by atoms with Crippen LogP contribution in [-0.4, -0.2) is 55.0 Å². The highest BCUT2D eigenvalue weighted by molar-refractivity contribution is 6.04. The molecule has 2 rings (SSSR count). The molecule has 1 aromatic heterocycles. The van der Waals surface area contributed by atoms with Gasteiger partial charge in [-0.1, -0.05) is 18.2 Å². The molecule has 0 aliphatic rings. The lowest BCUT2D eigenvalue weighted by atomic mass is 10.2. The van der Waals surface area contributed by atoms with Gasteiger partial charge in [0.1, 0.15) is 17.8 Å². The van der Waals surface area contributed by atoms with Gasteiger partial charge < -0.3 is 15.1 Å². The molecule has 2 aromatic rings. The molecule has 0 aliphatic carbocycles. The van der Waals surface area contributed by atoms with Crippen molar-refractivity contribution in [2.45, 2.75) is 0 Å². The van der Waals surface area contributed by atoms with Crippen LogP contribution in [0.5, 0.6) is 0 Å². The minimum atomic E-state index is -0.163. The Morgan fingerprint density at radius 3 is 2.55 bits per heavy atom. The zero-order chi connectivity index (χ0) is 15.9. The molecular formula is C16H21N5O. The van der Waals surface area contributed by atoms with Crippen LogP contribution in [0.1, 0.15) is 10.5 Å². The maximum absolute atomic E-state index is 12.5. The summed E-state index contributed by atoms with van der Waals surface area (Å²) in [7, 11) is 5.75. The number of hydrogen-bond acceptors (Lipinski definition) is 5. The van der Waals surface area contributed by atoms with Gasteiger partial charge >= 0.3 is 0 Å². The van der Waals surface area contributed by atoms with Crippen LogP contribution in [-0.2, 0) is 0 Å². The summed E-state index contributed by atoms with van der Waals surface area (Å²) in [5.41, 5.74) is 1.20. The summed E-state index contributed by atoms with van der Waals surface area (Å²) in [6, 6.07) is 11.2. The number of hydrogen-bond donors (Lipinski definition) is 1. The highest BCUT2D eigenvalue weighted by Crippen LogP contribution is 2.14. The van der Waals surface area contributed by atoms with E-state index in [4.69, 9.17) is 0 Å². The molecule has 0 saturated carbocycles. The zero-order valence-corrected chi connectivity index (χ0v) is 13.2. The van der Waals surface area contributed by atoms with E-state index in [0.717, 1.165) is 18.8 Å². The van der Waals surface area contributed by atoms with Crippen LogP contribution < -0.4 is 10.2 Å². The average molecular weight is 299 g/mol. The SMILES string of the molecule is CN(C)CCNc1cc(C(=O)N(C)c2ccccc2)ncn1. The first kappa shape index (κ1) is 15.9. The van der Waals surface area contributed by atoms with E-state index in [9.17, 15) is 4.79 Å². The van der Waals surface area contributed by atoms with E-state index in [1.54, 1.807) is 18.0 Å². The van der Waals surface area contributed by atoms with Gasteiger partial charge in [-0.3, -0.25) is 4.79 Å². The fourth-order valence-electron chi connectivity index (χ4n) is 1.92. The van der Waals surface area contributed by atoms with Crippen LogP contribution in [0, 0.1) is 0 Å². The molecule has 0 aliphatic heterocycles. The summed E-state index contributed by atoms with van der Waals surface area (Å²) >= 11 is 0. The van der Waals surface area contributed by atoms with Crippen molar-refractivity contribution >= 4 is 17.4 Å². The second-order valence-electron chi connectivity index (χ2n) is 5.22. The third-order valence-corrected chi connectivity index (χ3v) is 3.20. The third kappa shape index (κ3) is 4.26. The van der Waals surface area contributed by atoms with Gasteiger partial charge in [-0.2, -0.15) is 0 Å². The van der Waals surface area contributed by atoms with E-state index in [0.29, 0.717) is 11.5 Å². The molecule has 22 heavy (non-hydrogen) atoms. The molecule has 116 valence electrons. The summed E-state index contributed by atoms with van der Waals surface area (Å²) in [4.78, 5) is 24.3. The highest BCUT2D eigenvalue weighted by Gasteiger charge is 2.15. The number of rotatable bonds is 6. The van der Waals surface area contributed by atoms with Crippen molar-refractivity contribution in [3.63, 3.8) is 0 Å². The van der Waals surface area contributed by atoms with Crippen molar-refractivity contribution in [3.05, 3.63) is 48.4 Å². The number of nitrogens with one attached hydrogen (secondary N) is 1. The van der Waals surface area contributed by atoms with Gasteiger partial charge in [0, 0.05) is 31.9 Å². The normalized spacial score (nSPS) is 10.5. The maximum Gasteiger partial charge on any atom is 0.276 e. The summed E-state index contributed by atoms with van der Waals surface area (Å²) in [5.74, 6) is 0.492. The van der Waals surface area contributed by atoms with Crippen molar-refractivity contribution in [1.29, 1.82) is 0 Å². The molecule has 0 radical (unpaired) electrons. The number of amides is 1. The van der Waals surface area contributed by atoms with Gasteiger partial charge in [0.15, 0.2) is 0 Å². The predicted octanol–water partition coefficient (Wildman–Crippen LogP) is 1.73. The summed E-state index contributed by atoms with van der Waals surface area (Å²) in [5, 5.41) is 3.19. The van der Waals surface area contributed by atoms with Gasteiger partial charge in [0.2, 0.25) is 0 Å². The standard InChI is InChI=1S/C16H21N5O/c1-20(2)10-9-17-15-11-14(18-12-19-15)16(22)21(3)13-7-5-4-6-8-13/h4-8,11-12H,9-10H2,1-3H3,(H,17,18,19). The molecule has 0 fully saturated rings. The molecule has 1 aromatic carbocycles. The lowest BCUT2D eigenvalue weighted by Crippen LogP contribution is -2.27. The van der Waals surface area contributed by atoms with Crippen molar-refractivity contribution in [3.8, 4) is 0 Å². The molecule has 6 heteroatoms. The maximum atomic E-state index is 12.5. The molecular weight excluding hydrogens is 278 g/mol. The first-order valence-electron chi connectivity index (χ1n) is 7.11. The lowest BCUT2D eigenvalue weighted by molar-refractivity contribution is 0.0988. The van der Waals surface area contributed by atoms with Gasteiger partial charge in [-0.15, -0.1) is 0 Å². The van der Waals surface area contributed by atoms with E-state index in [-0.39, 0.29) is 5.91 Å². The third-order valence-electron chi connectivity index (χ3n) is 3.20. The Kier molecular flexibility index (Phi) is 5.43. The zero-order valence-electron chi connectivity index (χ0n) is 13.2. The quantitative estimate of drug-likeness (QED) is 0.880. The van der Waals surface area contributed by atoms with Crippen molar-refractivity contribution in [1.82, 2.24) is 14.9 Å². The Hall–Kier alpha value is -2.47. The number of nitrogens with zero attached hydrogens (tertiary/aromatic N) is 4. The number of likely N-dealkylation sites (N-methyl/N-ethyl adjacent to an activating group) is 1. The molecule has 0 saturated heterocycles. The summed E-state index contributed by atoms with van der Waals surface area (Å²) in [6.45, 7) is 1.64. The molecule has 0 unspecified atom stereocenters. The summed E-state index contributed by atoms with van der Waals surface area (Å²) in [6.07, 6.45) is 1.41. The molecule has 0 spiro atoms. The second kappa shape index (κ2) is 7.51. The van der Waals surface area contributed by atoms with Crippen LogP contribution in [0.15, 0.2) is 42.7 Å². The Morgan fingerprint density at radius 1 is 1.14 bits per heavy atom. The molecule has 1 amide bonds. The largest absolute Gasteiger partial charge is 0.369 e. The topological polar surface area (TPSA) is 61.4 Å². The number of carbonyl (C=O) groups excluding carboxylic acids is 1.